The Bertz CT molecular complexity index is 381. The zero-order valence-electron chi connectivity index (χ0n) is 9.80. The van der Waals surface area contributed by atoms with Gasteiger partial charge in [-0.3, -0.25) is 9.69 Å². The average molecular weight is 234 g/mol. The lowest BCUT2D eigenvalue weighted by Crippen LogP contribution is -2.41. The van der Waals surface area contributed by atoms with Crippen LogP contribution in [-0.2, 0) is 0 Å². The Hall–Kier alpha value is -1.39. The van der Waals surface area contributed by atoms with Crippen LogP contribution in [0.15, 0.2) is 24.3 Å². The number of aromatic hydroxyl groups is 1. The van der Waals surface area contributed by atoms with Crippen LogP contribution in [0.4, 0.5) is 0 Å². The van der Waals surface area contributed by atoms with Crippen molar-refractivity contribution in [2.75, 3.05) is 19.6 Å². The second-order valence-corrected chi connectivity index (χ2v) is 4.58. The highest BCUT2D eigenvalue weighted by molar-refractivity contribution is 5.97. The minimum absolute atomic E-state index is 0.0977. The van der Waals surface area contributed by atoms with Crippen molar-refractivity contribution >= 4 is 5.78 Å². The molecule has 2 rings (SSSR count). The number of likely N-dealkylation sites (tertiary alicyclic amines) is 1. The van der Waals surface area contributed by atoms with E-state index in [1.165, 1.54) is 0 Å². The van der Waals surface area contributed by atoms with Crippen molar-refractivity contribution in [3.05, 3.63) is 29.8 Å². The van der Waals surface area contributed by atoms with E-state index in [2.05, 4.69) is 4.90 Å². The van der Waals surface area contributed by atoms with Crippen molar-refractivity contribution < 1.29 is 9.90 Å². The lowest BCUT2D eigenvalue weighted by molar-refractivity contribution is 0.0910. The van der Waals surface area contributed by atoms with Crippen molar-refractivity contribution in [2.45, 2.75) is 18.9 Å². The zero-order valence-corrected chi connectivity index (χ0v) is 9.80. The number of rotatable bonds is 3. The fourth-order valence-corrected chi connectivity index (χ4v) is 2.05. The molecule has 0 bridgehead atoms. The van der Waals surface area contributed by atoms with Gasteiger partial charge in [0.25, 0.3) is 0 Å². The number of carbonyl (C=O) groups excluding carboxylic acids is 1. The quantitative estimate of drug-likeness (QED) is 0.766. The first kappa shape index (κ1) is 12.1. The van der Waals surface area contributed by atoms with E-state index < -0.39 is 0 Å². The van der Waals surface area contributed by atoms with Crippen LogP contribution >= 0.6 is 0 Å². The van der Waals surface area contributed by atoms with Crippen molar-refractivity contribution in [3.63, 3.8) is 0 Å². The second kappa shape index (κ2) is 5.29. The molecule has 0 spiro atoms. The summed E-state index contributed by atoms with van der Waals surface area (Å²) in [6, 6.07) is 6.69. The molecule has 0 unspecified atom stereocenters. The van der Waals surface area contributed by atoms with E-state index in [9.17, 15) is 4.79 Å². The van der Waals surface area contributed by atoms with Crippen LogP contribution in [0.25, 0.3) is 0 Å². The maximum Gasteiger partial charge on any atom is 0.176 e. The van der Waals surface area contributed by atoms with Gasteiger partial charge in [0.1, 0.15) is 5.75 Å². The maximum absolute atomic E-state index is 12.0. The van der Waals surface area contributed by atoms with Gasteiger partial charge in [0, 0.05) is 24.7 Å². The van der Waals surface area contributed by atoms with Crippen molar-refractivity contribution in [2.24, 2.45) is 5.73 Å². The molecule has 0 saturated carbocycles. The third kappa shape index (κ3) is 3.28. The third-order valence-electron chi connectivity index (χ3n) is 3.19. The molecular formula is C13H18N2O2. The molecule has 92 valence electrons. The molecule has 1 heterocycles. The first-order chi connectivity index (χ1) is 8.15. The fraction of sp³-hybridized carbons (Fsp3) is 0.462. The van der Waals surface area contributed by atoms with Gasteiger partial charge in [0.15, 0.2) is 5.78 Å². The Kier molecular flexibility index (Phi) is 3.76. The summed E-state index contributed by atoms with van der Waals surface area (Å²) in [4.78, 5) is 14.1. The first-order valence-electron chi connectivity index (χ1n) is 5.95. The molecule has 1 saturated heterocycles. The molecule has 4 nitrogen and oxygen atoms in total. The molecule has 0 radical (unpaired) electrons. The van der Waals surface area contributed by atoms with Gasteiger partial charge in [-0.1, -0.05) is 0 Å². The molecule has 1 fully saturated rings. The van der Waals surface area contributed by atoms with Crippen LogP contribution in [0.3, 0.4) is 0 Å². The summed E-state index contributed by atoms with van der Waals surface area (Å²) < 4.78 is 0. The average Bonchev–Trinajstić information content (AvgIpc) is 2.33. The van der Waals surface area contributed by atoms with E-state index in [1.807, 2.05) is 0 Å². The van der Waals surface area contributed by atoms with Gasteiger partial charge in [0.05, 0.1) is 6.54 Å². The molecule has 1 aliphatic heterocycles. The molecule has 3 N–H and O–H groups in total. The predicted octanol–water partition coefficient (Wildman–Crippen LogP) is 0.998. The predicted molar refractivity (Wildman–Crippen MR) is 66.1 cm³/mol. The molecule has 0 atom stereocenters. The topological polar surface area (TPSA) is 66.6 Å². The highest BCUT2D eigenvalue weighted by Crippen LogP contribution is 2.12. The van der Waals surface area contributed by atoms with Crippen LogP contribution in [0.2, 0.25) is 0 Å². The van der Waals surface area contributed by atoms with Crippen molar-refractivity contribution in [1.82, 2.24) is 4.90 Å². The van der Waals surface area contributed by atoms with Crippen LogP contribution < -0.4 is 5.73 Å². The molecule has 1 aliphatic rings. The van der Waals surface area contributed by atoms with Crippen molar-refractivity contribution in [1.29, 1.82) is 0 Å². The molecular weight excluding hydrogens is 216 g/mol. The van der Waals surface area contributed by atoms with Crippen LogP contribution in [0, 0.1) is 0 Å². The molecule has 4 heteroatoms. The summed E-state index contributed by atoms with van der Waals surface area (Å²) >= 11 is 0. The maximum atomic E-state index is 12.0. The van der Waals surface area contributed by atoms with E-state index in [0.717, 1.165) is 25.9 Å². The normalized spacial score (nSPS) is 18.2. The van der Waals surface area contributed by atoms with Crippen LogP contribution in [0.1, 0.15) is 23.2 Å². The smallest absolute Gasteiger partial charge is 0.176 e. The van der Waals surface area contributed by atoms with Gasteiger partial charge < -0.3 is 10.8 Å². The number of Topliss-reactive ketones (excluding diaryl/α,β-unsaturated/α-hetero) is 1. The van der Waals surface area contributed by atoms with Gasteiger partial charge in [-0.2, -0.15) is 0 Å². The number of nitrogens with two attached hydrogens (primary N) is 1. The number of phenols is 1. The molecule has 0 aromatic heterocycles. The number of hydrogen-bond donors (Lipinski definition) is 2. The van der Waals surface area contributed by atoms with Gasteiger partial charge in [-0.05, 0) is 37.1 Å². The van der Waals surface area contributed by atoms with E-state index in [1.54, 1.807) is 24.3 Å². The molecule has 0 aliphatic carbocycles. The Balaban J connectivity index is 1.91. The third-order valence-corrected chi connectivity index (χ3v) is 3.19. The molecule has 0 amide bonds. The summed E-state index contributed by atoms with van der Waals surface area (Å²) in [5.41, 5.74) is 6.47. The SMILES string of the molecule is NC1CCN(CC(=O)c2ccc(O)cc2)CC1. The second-order valence-electron chi connectivity index (χ2n) is 4.58. The van der Waals surface area contributed by atoms with E-state index >= 15 is 0 Å². The monoisotopic (exact) mass is 234 g/mol. The van der Waals surface area contributed by atoms with E-state index in [0.29, 0.717) is 12.1 Å². The van der Waals surface area contributed by atoms with Crippen LogP contribution in [0.5, 0.6) is 5.75 Å². The minimum Gasteiger partial charge on any atom is -0.508 e. The number of ketones is 1. The number of phenolic OH excluding ortho intramolecular Hbond substituents is 1. The summed E-state index contributed by atoms with van der Waals surface area (Å²) in [5, 5.41) is 9.15. The van der Waals surface area contributed by atoms with Gasteiger partial charge in [0.2, 0.25) is 0 Å². The molecule has 1 aromatic carbocycles. The Morgan fingerprint density at radius 3 is 2.47 bits per heavy atom. The van der Waals surface area contributed by atoms with Crippen molar-refractivity contribution in [3.8, 4) is 5.75 Å². The van der Waals surface area contributed by atoms with Gasteiger partial charge in [-0.25, -0.2) is 0 Å². The van der Waals surface area contributed by atoms with E-state index in [4.69, 9.17) is 10.8 Å². The lowest BCUT2D eigenvalue weighted by Gasteiger charge is -2.29. The number of piperidine rings is 1. The number of benzene rings is 1. The Labute approximate surface area is 101 Å². The summed E-state index contributed by atoms with van der Waals surface area (Å²) in [6.07, 6.45) is 1.92. The number of nitrogens with zero attached hydrogens (tertiary/aromatic N) is 1. The summed E-state index contributed by atoms with van der Waals surface area (Å²) in [5.74, 6) is 0.283. The summed E-state index contributed by atoms with van der Waals surface area (Å²) in [7, 11) is 0. The van der Waals surface area contributed by atoms with Crippen LogP contribution in [-0.4, -0.2) is 41.5 Å². The standard InChI is InChI=1S/C13H18N2O2/c14-11-5-7-15(8-6-11)9-13(17)10-1-3-12(16)4-2-10/h1-4,11,16H,5-9,14H2. The fourth-order valence-electron chi connectivity index (χ4n) is 2.05. The van der Waals surface area contributed by atoms with E-state index in [-0.39, 0.29) is 17.6 Å². The van der Waals surface area contributed by atoms with Gasteiger partial charge >= 0.3 is 0 Å². The highest BCUT2D eigenvalue weighted by Gasteiger charge is 2.18. The summed E-state index contributed by atoms with van der Waals surface area (Å²) in [6.45, 7) is 2.23. The zero-order chi connectivity index (χ0) is 12.3. The first-order valence-corrected chi connectivity index (χ1v) is 5.95. The minimum atomic E-state index is 0.0977. The van der Waals surface area contributed by atoms with Gasteiger partial charge in [-0.15, -0.1) is 0 Å². The number of carbonyl (C=O) groups is 1. The highest BCUT2D eigenvalue weighted by atomic mass is 16.3. The number of hydrogen-bond acceptors (Lipinski definition) is 4. The molecule has 17 heavy (non-hydrogen) atoms. The largest absolute Gasteiger partial charge is 0.508 e. The Morgan fingerprint density at radius 1 is 1.29 bits per heavy atom. The lowest BCUT2D eigenvalue weighted by atomic mass is 10.0. The Morgan fingerprint density at radius 2 is 1.88 bits per heavy atom. The molecule has 1 aromatic rings.